The molecule has 5 rings (SSSR count). The Bertz CT molecular complexity index is 1590. The molecule has 0 saturated carbocycles. The molecular formula is C24H15F2N3O2. The zero-order valence-electron chi connectivity index (χ0n) is 16.3. The highest BCUT2D eigenvalue weighted by Gasteiger charge is 2.20. The summed E-state index contributed by atoms with van der Waals surface area (Å²) in [5.74, 6) is -0.677. The Hall–Kier alpha value is -4.13. The predicted molar refractivity (Wildman–Crippen MR) is 115 cm³/mol. The third-order valence-electron chi connectivity index (χ3n) is 5.31. The number of benzene rings is 3. The van der Waals surface area contributed by atoms with E-state index in [1.165, 1.54) is 53.1 Å². The molecule has 0 bridgehead atoms. The quantitative estimate of drug-likeness (QED) is 0.407. The number of halogens is 2. The number of fused-ring (bicyclic) bond motifs is 2. The van der Waals surface area contributed by atoms with Crippen molar-refractivity contribution in [2.75, 3.05) is 0 Å². The number of hydrogen-bond donors (Lipinski definition) is 0. The van der Waals surface area contributed by atoms with Crippen LogP contribution in [0.2, 0.25) is 0 Å². The zero-order valence-corrected chi connectivity index (χ0v) is 16.3. The second kappa shape index (κ2) is 6.98. The second-order valence-electron chi connectivity index (χ2n) is 7.16. The molecule has 5 nitrogen and oxygen atoms in total. The van der Waals surface area contributed by atoms with Crippen LogP contribution in [0.4, 0.5) is 8.78 Å². The van der Waals surface area contributed by atoms with Gasteiger partial charge in [0.2, 0.25) is 5.43 Å². The molecule has 0 aliphatic carbocycles. The molecule has 0 saturated heterocycles. The summed E-state index contributed by atoms with van der Waals surface area (Å²) >= 11 is 0. The molecule has 0 spiro atoms. The molecule has 0 N–H and O–H groups in total. The fourth-order valence-electron chi connectivity index (χ4n) is 3.78. The monoisotopic (exact) mass is 415 g/mol. The number of aryl methyl sites for hydroxylation is 1. The molecule has 0 aliphatic rings. The predicted octanol–water partition coefficient (Wildman–Crippen LogP) is 4.18. The Labute approximate surface area is 174 Å². The van der Waals surface area contributed by atoms with Crippen LogP contribution in [-0.2, 0) is 7.05 Å². The van der Waals surface area contributed by atoms with Crippen molar-refractivity contribution in [1.82, 2.24) is 14.1 Å². The number of nitrogens with zero attached hydrogens (tertiary/aromatic N) is 3. The summed E-state index contributed by atoms with van der Waals surface area (Å²) in [4.78, 5) is 31.5. The van der Waals surface area contributed by atoms with Gasteiger partial charge in [0.1, 0.15) is 22.8 Å². The van der Waals surface area contributed by atoms with Crippen molar-refractivity contribution in [3.63, 3.8) is 0 Å². The van der Waals surface area contributed by atoms with Crippen molar-refractivity contribution < 1.29 is 8.78 Å². The summed E-state index contributed by atoms with van der Waals surface area (Å²) < 4.78 is 30.0. The smallest absolute Gasteiger partial charge is 0.271 e. The summed E-state index contributed by atoms with van der Waals surface area (Å²) in [5.41, 5.74) is 0.661. The van der Waals surface area contributed by atoms with Gasteiger partial charge < -0.3 is 4.57 Å². The molecule has 0 fully saturated rings. The van der Waals surface area contributed by atoms with Crippen molar-refractivity contribution in [1.29, 1.82) is 0 Å². The number of rotatable bonds is 2. The Morgan fingerprint density at radius 3 is 2.10 bits per heavy atom. The fourth-order valence-corrected chi connectivity index (χ4v) is 3.78. The lowest BCUT2D eigenvalue weighted by molar-refractivity contribution is 0.627. The number of pyridine rings is 1. The minimum atomic E-state index is -0.581. The van der Waals surface area contributed by atoms with Gasteiger partial charge in [-0.2, -0.15) is 0 Å². The molecule has 0 unspecified atom stereocenters. The van der Waals surface area contributed by atoms with Gasteiger partial charge in [0, 0.05) is 18.0 Å². The molecule has 0 aliphatic heterocycles. The molecule has 152 valence electrons. The van der Waals surface area contributed by atoms with Crippen LogP contribution < -0.4 is 11.0 Å². The molecule has 2 heterocycles. The lowest BCUT2D eigenvalue weighted by atomic mass is 10.1. The van der Waals surface area contributed by atoms with Gasteiger partial charge in [-0.1, -0.05) is 12.1 Å². The van der Waals surface area contributed by atoms with Gasteiger partial charge in [0.15, 0.2) is 5.65 Å². The molecule has 0 radical (unpaired) electrons. The van der Waals surface area contributed by atoms with E-state index in [0.717, 1.165) is 0 Å². The molecule has 0 atom stereocenters. The molecule has 2 aromatic heterocycles. The lowest BCUT2D eigenvalue weighted by Crippen LogP contribution is -2.28. The average molecular weight is 415 g/mol. The minimum absolute atomic E-state index is 0.0728. The lowest BCUT2D eigenvalue weighted by Gasteiger charge is -2.16. The van der Waals surface area contributed by atoms with E-state index in [-0.39, 0.29) is 16.9 Å². The zero-order chi connectivity index (χ0) is 21.7. The van der Waals surface area contributed by atoms with Crippen molar-refractivity contribution >= 4 is 21.9 Å². The normalized spacial score (nSPS) is 11.3. The van der Waals surface area contributed by atoms with E-state index in [1.807, 2.05) is 0 Å². The van der Waals surface area contributed by atoms with Crippen molar-refractivity contribution in [3.05, 3.63) is 105 Å². The van der Waals surface area contributed by atoms with E-state index in [1.54, 1.807) is 35.9 Å². The molecule has 0 amide bonds. The molecule has 3 aromatic carbocycles. The van der Waals surface area contributed by atoms with Gasteiger partial charge in [-0.25, -0.2) is 13.8 Å². The third-order valence-corrected chi connectivity index (χ3v) is 5.31. The van der Waals surface area contributed by atoms with Gasteiger partial charge in [-0.3, -0.25) is 14.2 Å². The second-order valence-corrected chi connectivity index (χ2v) is 7.16. The van der Waals surface area contributed by atoms with Crippen LogP contribution in [-0.4, -0.2) is 14.1 Å². The van der Waals surface area contributed by atoms with Gasteiger partial charge in [0.05, 0.1) is 11.2 Å². The Morgan fingerprint density at radius 2 is 1.42 bits per heavy atom. The van der Waals surface area contributed by atoms with Crippen LogP contribution in [0.25, 0.3) is 39.0 Å². The Balaban J connectivity index is 1.99. The number of para-hydroxylation sites is 1. The van der Waals surface area contributed by atoms with E-state index >= 15 is 0 Å². The highest BCUT2D eigenvalue weighted by atomic mass is 19.1. The molecule has 7 heteroatoms. The summed E-state index contributed by atoms with van der Waals surface area (Å²) in [6.07, 6.45) is 0. The minimum Gasteiger partial charge on any atom is -0.328 e. The maximum absolute atomic E-state index is 13.6. The van der Waals surface area contributed by atoms with Gasteiger partial charge in [-0.15, -0.1) is 0 Å². The standard InChI is InChI=1S/C24H15F2N3O2/c1-28-19-5-3-2-4-18(19)21(30)20-23(28)27-22(14-6-8-15(25)9-7-14)29(24(20)31)17-12-10-16(26)11-13-17/h2-13H,1H3. The maximum atomic E-state index is 13.6. The summed E-state index contributed by atoms with van der Waals surface area (Å²) in [6.45, 7) is 0. The van der Waals surface area contributed by atoms with E-state index < -0.39 is 22.6 Å². The van der Waals surface area contributed by atoms with Crippen molar-refractivity contribution in [3.8, 4) is 17.1 Å². The van der Waals surface area contributed by atoms with Gasteiger partial charge in [0.25, 0.3) is 5.56 Å². The third kappa shape index (κ3) is 2.93. The van der Waals surface area contributed by atoms with E-state index in [4.69, 9.17) is 0 Å². The SMILES string of the molecule is Cn1c2ccccc2c(=O)c2c(=O)n(-c3ccc(F)cc3)c(-c3ccc(F)cc3)nc21. The van der Waals surface area contributed by atoms with Crippen molar-refractivity contribution in [2.45, 2.75) is 0 Å². The van der Waals surface area contributed by atoms with Crippen LogP contribution in [0.5, 0.6) is 0 Å². The largest absolute Gasteiger partial charge is 0.328 e. The highest BCUT2D eigenvalue weighted by molar-refractivity contribution is 5.92. The molecular weight excluding hydrogens is 400 g/mol. The first kappa shape index (κ1) is 18.9. The van der Waals surface area contributed by atoms with Gasteiger partial charge in [-0.05, 0) is 60.7 Å². The topological polar surface area (TPSA) is 56.9 Å². The average Bonchev–Trinajstić information content (AvgIpc) is 2.78. The van der Waals surface area contributed by atoms with Gasteiger partial charge >= 0.3 is 0 Å². The first-order valence-corrected chi connectivity index (χ1v) is 9.52. The maximum Gasteiger partial charge on any atom is 0.271 e. The summed E-state index contributed by atoms with van der Waals surface area (Å²) in [7, 11) is 1.73. The summed E-state index contributed by atoms with van der Waals surface area (Å²) in [5, 5.41) is 0.327. The van der Waals surface area contributed by atoms with Crippen LogP contribution in [0, 0.1) is 11.6 Å². The van der Waals surface area contributed by atoms with Crippen LogP contribution >= 0.6 is 0 Å². The van der Waals surface area contributed by atoms with Crippen LogP contribution in [0.1, 0.15) is 0 Å². The molecule has 31 heavy (non-hydrogen) atoms. The molecule has 5 aromatic rings. The van der Waals surface area contributed by atoms with E-state index in [0.29, 0.717) is 22.2 Å². The number of hydrogen-bond acceptors (Lipinski definition) is 3. The van der Waals surface area contributed by atoms with E-state index in [9.17, 15) is 18.4 Å². The Morgan fingerprint density at radius 1 is 0.806 bits per heavy atom. The number of aromatic nitrogens is 3. The first-order chi connectivity index (χ1) is 15.0. The van der Waals surface area contributed by atoms with Crippen molar-refractivity contribution in [2.24, 2.45) is 7.05 Å². The summed E-state index contributed by atoms with van der Waals surface area (Å²) in [6, 6.07) is 17.8. The van der Waals surface area contributed by atoms with E-state index in [2.05, 4.69) is 4.98 Å². The fraction of sp³-hybridized carbons (Fsp3) is 0.0417. The highest BCUT2D eigenvalue weighted by Crippen LogP contribution is 2.23. The first-order valence-electron chi connectivity index (χ1n) is 9.52. The van der Waals surface area contributed by atoms with Crippen LogP contribution in [0.15, 0.2) is 82.4 Å². The van der Waals surface area contributed by atoms with Crippen LogP contribution in [0.3, 0.4) is 0 Å². The Kier molecular flexibility index (Phi) is 4.25.